The van der Waals surface area contributed by atoms with Crippen molar-refractivity contribution in [2.45, 2.75) is 44.2 Å². The molecule has 160 valence electrons. The van der Waals surface area contributed by atoms with Gasteiger partial charge >= 0.3 is 6.03 Å². The van der Waals surface area contributed by atoms with Crippen LogP contribution in [0.4, 0.5) is 10.5 Å². The van der Waals surface area contributed by atoms with Gasteiger partial charge in [0.1, 0.15) is 11.3 Å². The van der Waals surface area contributed by atoms with Crippen molar-refractivity contribution in [3.8, 4) is 0 Å². The molecule has 3 aromatic rings. The van der Waals surface area contributed by atoms with E-state index in [1.54, 1.807) is 40.0 Å². The molecule has 0 bridgehead atoms. The molecule has 1 heterocycles. The number of nitrogens with zero attached hydrogens (tertiary/aromatic N) is 1. The summed E-state index contributed by atoms with van der Waals surface area (Å²) in [7, 11) is -2.04. The number of para-hydroxylation sites is 1. The van der Waals surface area contributed by atoms with Crippen LogP contribution in [0.25, 0.3) is 11.0 Å². The predicted octanol–water partition coefficient (Wildman–Crippen LogP) is 4.73. The van der Waals surface area contributed by atoms with Crippen molar-refractivity contribution >= 4 is 32.7 Å². The molecule has 7 nitrogen and oxygen atoms in total. The smallest absolute Gasteiger partial charge is 0.322 e. The molecular weight excluding hydrogens is 402 g/mol. The van der Waals surface area contributed by atoms with Gasteiger partial charge in [0, 0.05) is 23.7 Å². The Morgan fingerprint density at radius 1 is 1.07 bits per heavy atom. The summed E-state index contributed by atoms with van der Waals surface area (Å²) in [4.78, 5) is 14.3. The minimum atomic E-state index is -3.70. The Labute approximate surface area is 177 Å². The number of anilines is 1. The molecule has 1 atom stereocenters. The first-order chi connectivity index (χ1) is 14.0. The Bertz CT molecular complexity index is 1130. The van der Waals surface area contributed by atoms with Gasteiger partial charge in [0.2, 0.25) is 10.0 Å². The minimum absolute atomic E-state index is 0.0863. The number of fused-ring (bicyclic) bond motifs is 1. The normalized spacial score (nSPS) is 13.2. The number of nitrogens with one attached hydrogen (secondary N) is 2. The first kappa shape index (κ1) is 21.9. The molecule has 1 aromatic heterocycles. The van der Waals surface area contributed by atoms with Crippen molar-refractivity contribution in [2.75, 3.05) is 12.4 Å². The largest absolute Gasteiger partial charge is 0.459 e. The van der Waals surface area contributed by atoms with Crippen LogP contribution in [0.1, 0.15) is 39.5 Å². The highest BCUT2D eigenvalue weighted by Gasteiger charge is 2.24. The molecule has 0 unspecified atom stereocenters. The molecule has 0 saturated carbocycles. The third-order valence-corrected chi connectivity index (χ3v) is 6.35. The van der Waals surface area contributed by atoms with Crippen molar-refractivity contribution in [3.05, 3.63) is 60.4 Å². The van der Waals surface area contributed by atoms with E-state index in [4.69, 9.17) is 4.42 Å². The third-order valence-electron chi connectivity index (χ3n) is 4.59. The number of urea groups is 1. The zero-order valence-electron chi connectivity index (χ0n) is 17.8. The lowest BCUT2D eigenvalue weighted by atomic mass is 10.1. The average molecular weight is 430 g/mol. The summed E-state index contributed by atoms with van der Waals surface area (Å²) >= 11 is 0. The number of benzene rings is 2. The van der Waals surface area contributed by atoms with E-state index < -0.39 is 15.6 Å². The van der Waals surface area contributed by atoms with Gasteiger partial charge in [-0.25, -0.2) is 17.9 Å². The standard InChI is InChI=1S/C22H27N3O4S/c1-15(20-13-16-9-6-7-12-19(16)29-20)25(5)21(26)23-17-10-8-11-18(14-17)30(27,28)24-22(2,3)4/h6-15,24H,1-5H3,(H,23,26)/t15-/m0/s1. The quantitative estimate of drug-likeness (QED) is 0.613. The summed E-state index contributed by atoms with van der Waals surface area (Å²) < 4.78 is 33.6. The maximum absolute atomic E-state index is 12.7. The van der Waals surface area contributed by atoms with Gasteiger partial charge in [0.15, 0.2) is 0 Å². The first-order valence-electron chi connectivity index (χ1n) is 9.63. The molecular formula is C22H27N3O4S. The molecule has 3 rings (SSSR count). The van der Waals surface area contributed by atoms with Crippen LogP contribution in [0.5, 0.6) is 0 Å². The van der Waals surface area contributed by atoms with Gasteiger partial charge in [-0.05, 0) is 58.0 Å². The molecule has 2 N–H and O–H groups in total. The summed E-state index contributed by atoms with van der Waals surface area (Å²) in [6.07, 6.45) is 0. The van der Waals surface area contributed by atoms with Crippen LogP contribution in [0.3, 0.4) is 0 Å². The molecule has 0 aliphatic carbocycles. The lowest BCUT2D eigenvalue weighted by Crippen LogP contribution is -2.40. The van der Waals surface area contributed by atoms with E-state index in [9.17, 15) is 13.2 Å². The van der Waals surface area contributed by atoms with Crippen LogP contribution in [-0.2, 0) is 10.0 Å². The Morgan fingerprint density at radius 3 is 2.43 bits per heavy atom. The van der Waals surface area contributed by atoms with Crippen molar-refractivity contribution in [1.82, 2.24) is 9.62 Å². The zero-order chi connectivity index (χ0) is 22.1. The zero-order valence-corrected chi connectivity index (χ0v) is 18.6. The van der Waals surface area contributed by atoms with Crippen molar-refractivity contribution in [3.63, 3.8) is 0 Å². The lowest BCUT2D eigenvalue weighted by Gasteiger charge is -2.24. The fourth-order valence-electron chi connectivity index (χ4n) is 2.99. The number of rotatable bonds is 5. The molecule has 8 heteroatoms. The third kappa shape index (κ3) is 5.01. The van der Waals surface area contributed by atoms with E-state index in [1.165, 1.54) is 17.0 Å². The maximum atomic E-state index is 12.7. The topological polar surface area (TPSA) is 91.7 Å². The van der Waals surface area contributed by atoms with Gasteiger partial charge < -0.3 is 14.6 Å². The molecule has 30 heavy (non-hydrogen) atoms. The Kier molecular flexibility index (Phi) is 5.92. The number of furan rings is 1. The number of hydrogen-bond donors (Lipinski definition) is 2. The molecule has 0 fully saturated rings. The van der Waals surface area contributed by atoms with E-state index >= 15 is 0 Å². The van der Waals surface area contributed by atoms with Crippen LogP contribution in [0, 0.1) is 0 Å². The molecule has 2 amide bonds. The Balaban J connectivity index is 1.75. The van der Waals surface area contributed by atoms with Gasteiger partial charge in [-0.3, -0.25) is 0 Å². The molecule has 0 aliphatic rings. The van der Waals surface area contributed by atoms with Gasteiger partial charge in [-0.2, -0.15) is 0 Å². The van der Waals surface area contributed by atoms with E-state index in [0.29, 0.717) is 11.4 Å². The average Bonchev–Trinajstić information content (AvgIpc) is 3.09. The van der Waals surface area contributed by atoms with Crippen molar-refractivity contribution < 1.29 is 17.6 Å². The highest BCUT2D eigenvalue weighted by atomic mass is 32.2. The van der Waals surface area contributed by atoms with Crippen molar-refractivity contribution in [2.24, 2.45) is 0 Å². The molecule has 0 aliphatic heterocycles. The Morgan fingerprint density at radius 2 is 1.77 bits per heavy atom. The molecule has 0 saturated heterocycles. The van der Waals surface area contributed by atoms with Crippen LogP contribution in [-0.4, -0.2) is 31.9 Å². The monoisotopic (exact) mass is 429 g/mol. The van der Waals surface area contributed by atoms with Gasteiger partial charge in [-0.15, -0.1) is 0 Å². The maximum Gasteiger partial charge on any atom is 0.322 e. The highest BCUT2D eigenvalue weighted by Crippen LogP contribution is 2.27. The summed E-state index contributed by atoms with van der Waals surface area (Å²) in [5.74, 6) is 0.666. The number of amides is 2. The van der Waals surface area contributed by atoms with E-state index in [2.05, 4.69) is 10.0 Å². The second kappa shape index (κ2) is 8.12. The van der Waals surface area contributed by atoms with Crippen molar-refractivity contribution in [1.29, 1.82) is 0 Å². The van der Waals surface area contributed by atoms with Crippen LogP contribution in [0.15, 0.2) is 63.9 Å². The highest BCUT2D eigenvalue weighted by molar-refractivity contribution is 7.89. The van der Waals surface area contributed by atoms with E-state index in [1.807, 2.05) is 37.3 Å². The number of sulfonamides is 1. The summed E-state index contributed by atoms with van der Waals surface area (Å²) in [5.41, 5.74) is 0.540. The van der Waals surface area contributed by atoms with Gasteiger partial charge in [-0.1, -0.05) is 24.3 Å². The Hall–Kier alpha value is -2.84. The fourth-order valence-corrected chi connectivity index (χ4v) is 4.45. The van der Waals surface area contributed by atoms with Crippen LogP contribution in [0.2, 0.25) is 0 Å². The summed E-state index contributed by atoms with van der Waals surface area (Å²) in [6.45, 7) is 7.17. The van der Waals surface area contributed by atoms with Crippen LogP contribution >= 0.6 is 0 Å². The number of carbonyl (C=O) groups is 1. The predicted molar refractivity (Wildman–Crippen MR) is 118 cm³/mol. The first-order valence-corrected chi connectivity index (χ1v) is 11.1. The molecule has 0 spiro atoms. The summed E-state index contributed by atoms with van der Waals surface area (Å²) in [6, 6.07) is 15.0. The van der Waals surface area contributed by atoms with Gasteiger partial charge in [0.25, 0.3) is 0 Å². The second-order valence-electron chi connectivity index (χ2n) is 8.29. The van der Waals surface area contributed by atoms with E-state index in [-0.39, 0.29) is 17.0 Å². The summed E-state index contributed by atoms with van der Waals surface area (Å²) in [5, 5.41) is 3.72. The second-order valence-corrected chi connectivity index (χ2v) is 9.97. The number of hydrogen-bond acceptors (Lipinski definition) is 4. The SMILES string of the molecule is C[C@@H](c1cc2ccccc2o1)N(C)C(=O)Nc1cccc(S(=O)(=O)NC(C)(C)C)c1. The van der Waals surface area contributed by atoms with Crippen LogP contribution < -0.4 is 10.0 Å². The lowest BCUT2D eigenvalue weighted by molar-refractivity contribution is 0.201. The number of carbonyl (C=O) groups excluding carboxylic acids is 1. The minimum Gasteiger partial charge on any atom is -0.459 e. The van der Waals surface area contributed by atoms with Gasteiger partial charge in [0.05, 0.1) is 10.9 Å². The molecule has 2 aromatic carbocycles. The molecule has 0 radical (unpaired) electrons. The fraction of sp³-hybridized carbons (Fsp3) is 0.318. The van der Waals surface area contributed by atoms with E-state index in [0.717, 1.165) is 11.0 Å².